The van der Waals surface area contributed by atoms with E-state index < -0.39 is 11.7 Å². The van der Waals surface area contributed by atoms with Crippen LogP contribution in [0.5, 0.6) is 0 Å². The van der Waals surface area contributed by atoms with Crippen LogP contribution >= 0.6 is 0 Å². The Morgan fingerprint density at radius 1 is 1.50 bits per heavy atom. The van der Waals surface area contributed by atoms with Crippen LogP contribution in [0, 0.1) is 5.82 Å². The summed E-state index contributed by atoms with van der Waals surface area (Å²) in [5.74, 6) is -1.10. The number of rotatable bonds is 3. The van der Waals surface area contributed by atoms with Crippen molar-refractivity contribution in [1.29, 1.82) is 0 Å². The van der Waals surface area contributed by atoms with Crippen molar-refractivity contribution in [3.05, 3.63) is 35.6 Å². The predicted molar refractivity (Wildman–Crippen MR) is 65.9 cm³/mol. The van der Waals surface area contributed by atoms with Gasteiger partial charge in [0.15, 0.2) is 0 Å². The van der Waals surface area contributed by atoms with Crippen LogP contribution in [0.2, 0.25) is 0 Å². The van der Waals surface area contributed by atoms with Crippen molar-refractivity contribution in [3.63, 3.8) is 0 Å². The maximum absolute atomic E-state index is 13.4. The quantitative estimate of drug-likeness (QED) is 0.659. The zero-order chi connectivity index (χ0) is 13.0. The Balaban J connectivity index is 2.07. The minimum absolute atomic E-state index is 0.0132. The summed E-state index contributed by atoms with van der Waals surface area (Å²) in [5.41, 5.74) is -0.0132. The molecule has 0 aromatic heterocycles. The van der Waals surface area contributed by atoms with E-state index in [1.54, 1.807) is 13.0 Å². The van der Waals surface area contributed by atoms with E-state index in [4.69, 9.17) is 4.74 Å². The lowest BCUT2D eigenvalue weighted by Gasteiger charge is -2.09. The second-order valence-electron chi connectivity index (χ2n) is 4.03. The molecule has 18 heavy (non-hydrogen) atoms. The molecule has 1 aliphatic rings. The van der Waals surface area contributed by atoms with E-state index in [9.17, 15) is 9.18 Å². The summed E-state index contributed by atoms with van der Waals surface area (Å²) in [5, 5.41) is 2.50. The first-order valence-electron chi connectivity index (χ1n) is 5.97. The largest absolute Gasteiger partial charge is 0.465 e. The second-order valence-corrected chi connectivity index (χ2v) is 4.03. The Labute approximate surface area is 105 Å². The van der Waals surface area contributed by atoms with Gasteiger partial charge in [-0.2, -0.15) is 0 Å². The summed E-state index contributed by atoms with van der Waals surface area (Å²) in [7, 11) is 0. The van der Waals surface area contributed by atoms with E-state index in [-0.39, 0.29) is 17.6 Å². The molecular weight excluding hydrogens is 235 g/mol. The number of ether oxygens (including phenoxy) is 1. The molecule has 1 aromatic rings. The molecule has 0 heterocycles. The highest BCUT2D eigenvalue weighted by Crippen LogP contribution is 2.23. The number of nitrogens with zero attached hydrogens (tertiary/aromatic N) is 1. The van der Waals surface area contributed by atoms with Gasteiger partial charge in [-0.25, -0.2) is 9.38 Å². The van der Waals surface area contributed by atoms with Gasteiger partial charge in [0.05, 0.1) is 18.2 Å². The third kappa shape index (κ3) is 3.29. The maximum Gasteiger partial charge on any atom is 0.291 e. The molecule has 1 aliphatic carbocycles. The van der Waals surface area contributed by atoms with Gasteiger partial charge in [0.1, 0.15) is 5.82 Å². The second kappa shape index (κ2) is 5.62. The standard InChI is InChI=1S/C13H15FN2O2/c1-2-18-13(15-9-7-8-9)16-12(17)10-5-3-4-6-11(10)14/h3-6,9H,2,7-8H2,1H3,(H,15,16,17). The zero-order valence-corrected chi connectivity index (χ0v) is 10.1. The first-order chi connectivity index (χ1) is 8.70. The number of nitrogens with one attached hydrogen (secondary N) is 1. The number of benzene rings is 1. The van der Waals surface area contributed by atoms with E-state index in [2.05, 4.69) is 10.3 Å². The molecule has 1 fully saturated rings. The number of carbonyl (C=O) groups excluding carboxylic acids is 1. The summed E-state index contributed by atoms with van der Waals surface area (Å²) in [6, 6.07) is 6.21. The summed E-state index contributed by atoms with van der Waals surface area (Å²) in [6.45, 7) is 2.21. The molecule has 5 heteroatoms. The van der Waals surface area contributed by atoms with Crippen LogP contribution in [0.1, 0.15) is 30.1 Å². The van der Waals surface area contributed by atoms with E-state index in [1.807, 2.05) is 0 Å². The van der Waals surface area contributed by atoms with E-state index in [1.165, 1.54) is 18.2 Å². The molecule has 96 valence electrons. The first kappa shape index (κ1) is 12.5. The molecule has 1 aromatic carbocycles. The normalized spacial score (nSPS) is 15.3. The van der Waals surface area contributed by atoms with Crippen molar-refractivity contribution in [1.82, 2.24) is 5.32 Å². The summed E-state index contributed by atoms with van der Waals surface area (Å²) >= 11 is 0. The van der Waals surface area contributed by atoms with Crippen LogP contribution in [-0.2, 0) is 4.74 Å². The minimum Gasteiger partial charge on any atom is -0.465 e. The molecule has 2 rings (SSSR count). The van der Waals surface area contributed by atoms with Gasteiger partial charge in [-0.15, -0.1) is 0 Å². The number of halogens is 1. The van der Waals surface area contributed by atoms with Crippen LogP contribution in [0.25, 0.3) is 0 Å². The van der Waals surface area contributed by atoms with Gasteiger partial charge in [-0.05, 0) is 31.9 Å². The van der Waals surface area contributed by atoms with Crippen LogP contribution in [-0.4, -0.2) is 24.6 Å². The van der Waals surface area contributed by atoms with Crippen molar-refractivity contribution in [2.75, 3.05) is 6.61 Å². The molecule has 0 bridgehead atoms. The van der Waals surface area contributed by atoms with Gasteiger partial charge < -0.3 is 4.74 Å². The molecule has 0 radical (unpaired) electrons. The fraction of sp³-hybridized carbons (Fsp3) is 0.385. The Morgan fingerprint density at radius 3 is 2.83 bits per heavy atom. The molecule has 0 unspecified atom stereocenters. The van der Waals surface area contributed by atoms with Gasteiger partial charge in [0.25, 0.3) is 11.9 Å². The van der Waals surface area contributed by atoms with E-state index in [0.29, 0.717) is 6.61 Å². The molecule has 4 nitrogen and oxygen atoms in total. The summed E-state index contributed by atoms with van der Waals surface area (Å²) < 4.78 is 18.6. The van der Waals surface area contributed by atoms with Crippen molar-refractivity contribution < 1.29 is 13.9 Å². The van der Waals surface area contributed by atoms with Crippen molar-refractivity contribution in [2.45, 2.75) is 25.8 Å². The highest BCUT2D eigenvalue weighted by molar-refractivity contribution is 6.04. The SMILES string of the molecule is CCOC(=NC1CC1)NC(=O)c1ccccc1F. The van der Waals surface area contributed by atoms with Gasteiger partial charge >= 0.3 is 0 Å². The monoisotopic (exact) mass is 250 g/mol. The predicted octanol–water partition coefficient (Wildman–Crippen LogP) is 2.11. The third-order valence-electron chi connectivity index (χ3n) is 2.47. The number of hydrogen-bond donors (Lipinski definition) is 1. The van der Waals surface area contributed by atoms with E-state index >= 15 is 0 Å². The molecular formula is C13H15FN2O2. The van der Waals surface area contributed by atoms with E-state index in [0.717, 1.165) is 12.8 Å². The molecule has 1 saturated carbocycles. The van der Waals surface area contributed by atoms with Gasteiger partial charge in [-0.3, -0.25) is 10.1 Å². The number of amidine groups is 1. The average Bonchev–Trinajstić information content (AvgIpc) is 3.13. The number of aliphatic imine (C=N–C) groups is 1. The number of hydrogen-bond acceptors (Lipinski definition) is 3. The Bertz CT molecular complexity index is 470. The van der Waals surface area contributed by atoms with Crippen molar-refractivity contribution >= 4 is 11.9 Å². The molecule has 0 aliphatic heterocycles. The molecule has 1 N–H and O–H groups in total. The fourth-order valence-corrected chi connectivity index (χ4v) is 1.42. The highest BCUT2D eigenvalue weighted by Gasteiger charge is 2.23. The molecule has 1 amide bonds. The van der Waals surface area contributed by atoms with Crippen molar-refractivity contribution in [3.8, 4) is 0 Å². The zero-order valence-electron chi connectivity index (χ0n) is 10.1. The lowest BCUT2D eigenvalue weighted by atomic mass is 10.2. The van der Waals surface area contributed by atoms with Crippen LogP contribution in [0.3, 0.4) is 0 Å². The molecule has 0 atom stereocenters. The average molecular weight is 250 g/mol. The Kier molecular flexibility index (Phi) is 3.92. The lowest BCUT2D eigenvalue weighted by Crippen LogP contribution is -2.33. The van der Waals surface area contributed by atoms with Crippen LogP contribution < -0.4 is 5.32 Å². The first-order valence-corrected chi connectivity index (χ1v) is 5.97. The van der Waals surface area contributed by atoms with Gasteiger partial charge in [0.2, 0.25) is 0 Å². The van der Waals surface area contributed by atoms with Crippen molar-refractivity contribution in [2.24, 2.45) is 4.99 Å². The lowest BCUT2D eigenvalue weighted by molar-refractivity contribution is 0.0962. The number of amides is 1. The Morgan fingerprint density at radius 2 is 2.22 bits per heavy atom. The third-order valence-corrected chi connectivity index (χ3v) is 2.47. The summed E-state index contributed by atoms with van der Waals surface area (Å²) in [4.78, 5) is 16.1. The molecule has 0 spiro atoms. The number of carbonyl (C=O) groups is 1. The fourth-order valence-electron chi connectivity index (χ4n) is 1.42. The highest BCUT2D eigenvalue weighted by atomic mass is 19.1. The smallest absolute Gasteiger partial charge is 0.291 e. The topological polar surface area (TPSA) is 50.7 Å². The Hall–Kier alpha value is -1.91. The summed E-state index contributed by atoms with van der Waals surface area (Å²) in [6.07, 6.45) is 2.01. The maximum atomic E-state index is 13.4. The minimum atomic E-state index is -0.558. The van der Waals surface area contributed by atoms with Crippen LogP contribution in [0.4, 0.5) is 4.39 Å². The molecule has 0 saturated heterocycles. The van der Waals surface area contributed by atoms with Gasteiger partial charge in [0, 0.05) is 0 Å². The van der Waals surface area contributed by atoms with Gasteiger partial charge in [-0.1, -0.05) is 12.1 Å². The van der Waals surface area contributed by atoms with Crippen LogP contribution in [0.15, 0.2) is 29.3 Å².